The molecule has 0 aliphatic rings. The van der Waals surface area contributed by atoms with Gasteiger partial charge in [0, 0.05) is 25.7 Å². The second-order valence-corrected chi connectivity index (χ2v) is 30.2. The van der Waals surface area contributed by atoms with Crippen molar-refractivity contribution in [2.24, 2.45) is 23.7 Å². The number of carbonyl (C=O) groups excluding carboxylic acids is 4. The molecular formula is C71H138O17P2. The molecule has 0 aliphatic carbocycles. The molecule has 6 atom stereocenters. The number of carbonyl (C=O) groups is 4. The summed E-state index contributed by atoms with van der Waals surface area (Å²) < 4.78 is 68.3. The van der Waals surface area contributed by atoms with E-state index in [9.17, 15) is 43.2 Å². The minimum Gasteiger partial charge on any atom is -0.462 e. The van der Waals surface area contributed by atoms with E-state index in [0.29, 0.717) is 31.6 Å². The average Bonchev–Trinajstić information content (AvgIpc) is 3.04. The highest BCUT2D eigenvalue weighted by Gasteiger charge is 2.30. The van der Waals surface area contributed by atoms with E-state index in [1.54, 1.807) is 0 Å². The van der Waals surface area contributed by atoms with Gasteiger partial charge in [0.25, 0.3) is 0 Å². The Balaban J connectivity index is 5.24. The minimum absolute atomic E-state index is 0.104. The van der Waals surface area contributed by atoms with E-state index in [1.165, 1.54) is 148 Å². The number of aliphatic hydroxyl groups is 1. The Labute approximate surface area is 549 Å². The van der Waals surface area contributed by atoms with E-state index < -0.39 is 97.5 Å². The van der Waals surface area contributed by atoms with Gasteiger partial charge in [-0.25, -0.2) is 9.13 Å². The number of ether oxygens (including phenoxy) is 4. The number of rotatable bonds is 68. The van der Waals surface area contributed by atoms with Gasteiger partial charge in [0.05, 0.1) is 26.4 Å². The SMILES string of the molecule is CCC(C)CCCCCCCCCCC(=O)O[C@H](COC(=O)CCCCCCCCCCCCCC(C)C)COP(=O)(O)OC[C@@H](O)COP(=O)(O)OC[C@@H](COC(=O)CCCCCCCCC(C)C)OC(=O)CCCCCCCCCCCCCCC(C)C. The fourth-order valence-electron chi connectivity index (χ4n) is 10.6. The third kappa shape index (κ3) is 63.5. The fraction of sp³-hybridized carbons (Fsp3) is 0.944. The van der Waals surface area contributed by atoms with Gasteiger partial charge in [-0.1, -0.05) is 299 Å². The van der Waals surface area contributed by atoms with E-state index in [4.69, 9.17) is 37.0 Å². The highest BCUT2D eigenvalue weighted by molar-refractivity contribution is 7.47. The highest BCUT2D eigenvalue weighted by atomic mass is 31.2. The van der Waals surface area contributed by atoms with Gasteiger partial charge in [0.15, 0.2) is 12.2 Å². The van der Waals surface area contributed by atoms with Crippen molar-refractivity contribution >= 4 is 39.5 Å². The van der Waals surface area contributed by atoms with Crippen LogP contribution in [0.5, 0.6) is 0 Å². The summed E-state index contributed by atoms with van der Waals surface area (Å²) in [4.78, 5) is 72.6. The van der Waals surface area contributed by atoms with E-state index in [1.807, 2.05) is 0 Å². The van der Waals surface area contributed by atoms with Crippen LogP contribution < -0.4 is 0 Å². The molecule has 0 fully saturated rings. The summed E-state index contributed by atoms with van der Waals surface area (Å²) in [6.45, 7) is 14.1. The van der Waals surface area contributed by atoms with Crippen molar-refractivity contribution in [1.29, 1.82) is 0 Å². The van der Waals surface area contributed by atoms with Crippen molar-refractivity contribution in [2.45, 2.75) is 369 Å². The zero-order valence-electron chi connectivity index (χ0n) is 58.8. The Morgan fingerprint density at radius 3 is 0.789 bits per heavy atom. The molecule has 0 saturated heterocycles. The van der Waals surface area contributed by atoms with Crippen molar-refractivity contribution in [1.82, 2.24) is 0 Å². The van der Waals surface area contributed by atoms with Gasteiger partial charge in [0.2, 0.25) is 0 Å². The quantitative estimate of drug-likeness (QED) is 0.0222. The summed E-state index contributed by atoms with van der Waals surface area (Å²) in [6.07, 6.45) is 43.1. The van der Waals surface area contributed by atoms with Crippen LogP contribution in [0.1, 0.15) is 351 Å². The van der Waals surface area contributed by atoms with Gasteiger partial charge in [-0.3, -0.25) is 37.3 Å². The first-order chi connectivity index (χ1) is 43.1. The Hall–Kier alpha value is -1.94. The van der Waals surface area contributed by atoms with E-state index in [2.05, 4.69) is 55.4 Å². The molecule has 0 spiro atoms. The Kier molecular flexibility index (Phi) is 59.4. The third-order valence-corrected chi connectivity index (χ3v) is 18.6. The molecule has 0 aromatic carbocycles. The van der Waals surface area contributed by atoms with Gasteiger partial charge >= 0.3 is 39.5 Å². The maximum Gasteiger partial charge on any atom is 0.472 e. The topological polar surface area (TPSA) is 237 Å². The summed E-state index contributed by atoms with van der Waals surface area (Å²) in [5, 5.41) is 10.6. The first-order valence-electron chi connectivity index (χ1n) is 36.7. The lowest BCUT2D eigenvalue weighted by molar-refractivity contribution is -0.161. The molecule has 534 valence electrons. The first-order valence-corrected chi connectivity index (χ1v) is 39.7. The first kappa shape index (κ1) is 88.1. The highest BCUT2D eigenvalue weighted by Crippen LogP contribution is 2.45. The largest absolute Gasteiger partial charge is 0.472 e. The molecule has 19 heteroatoms. The number of esters is 4. The number of unbranched alkanes of at least 4 members (excludes halogenated alkanes) is 33. The van der Waals surface area contributed by atoms with E-state index in [0.717, 1.165) is 114 Å². The van der Waals surface area contributed by atoms with Crippen molar-refractivity contribution < 1.29 is 80.2 Å². The van der Waals surface area contributed by atoms with Crippen molar-refractivity contribution in [3.63, 3.8) is 0 Å². The van der Waals surface area contributed by atoms with Crippen molar-refractivity contribution in [2.75, 3.05) is 39.6 Å². The lowest BCUT2D eigenvalue weighted by Gasteiger charge is -2.21. The lowest BCUT2D eigenvalue weighted by atomic mass is 9.99. The zero-order valence-corrected chi connectivity index (χ0v) is 60.6. The Bertz CT molecular complexity index is 1780. The molecule has 0 aromatic rings. The molecule has 0 heterocycles. The molecular weight excluding hydrogens is 1190 g/mol. The van der Waals surface area contributed by atoms with Gasteiger partial charge in [-0.2, -0.15) is 0 Å². The molecule has 0 aliphatic heterocycles. The number of aliphatic hydroxyl groups excluding tert-OH is 1. The Morgan fingerprint density at radius 2 is 0.533 bits per heavy atom. The molecule has 0 radical (unpaired) electrons. The van der Waals surface area contributed by atoms with Gasteiger partial charge in [0.1, 0.15) is 19.3 Å². The second kappa shape index (κ2) is 60.7. The molecule has 0 bridgehead atoms. The summed E-state index contributed by atoms with van der Waals surface area (Å²) in [6, 6.07) is 0. The van der Waals surface area contributed by atoms with Gasteiger partial charge in [-0.05, 0) is 49.4 Å². The lowest BCUT2D eigenvalue weighted by Crippen LogP contribution is -2.30. The maximum atomic E-state index is 13.0. The third-order valence-electron chi connectivity index (χ3n) is 16.7. The summed E-state index contributed by atoms with van der Waals surface area (Å²) in [7, 11) is -9.90. The van der Waals surface area contributed by atoms with Crippen molar-refractivity contribution in [3.8, 4) is 0 Å². The average molecular weight is 1330 g/mol. The molecule has 90 heavy (non-hydrogen) atoms. The maximum absolute atomic E-state index is 13.0. The molecule has 3 unspecified atom stereocenters. The molecule has 3 N–H and O–H groups in total. The van der Waals surface area contributed by atoms with Crippen LogP contribution in [-0.4, -0.2) is 96.7 Å². The second-order valence-electron chi connectivity index (χ2n) is 27.3. The van der Waals surface area contributed by atoms with Crippen LogP contribution >= 0.6 is 15.6 Å². The van der Waals surface area contributed by atoms with Crippen LogP contribution in [0.15, 0.2) is 0 Å². The number of phosphoric ester groups is 2. The summed E-state index contributed by atoms with van der Waals surface area (Å²) in [5.74, 6) is 0.866. The predicted octanol–water partition coefficient (Wildman–Crippen LogP) is 20.1. The smallest absolute Gasteiger partial charge is 0.462 e. The number of hydrogen-bond acceptors (Lipinski definition) is 15. The monoisotopic (exact) mass is 1320 g/mol. The predicted molar refractivity (Wildman–Crippen MR) is 363 cm³/mol. The van der Waals surface area contributed by atoms with Crippen LogP contribution in [0, 0.1) is 23.7 Å². The summed E-state index contributed by atoms with van der Waals surface area (Å²) in [5.41, 5.74) is 0. The number of hydrogen-bond donors (Lipinski definition) is 3. The molecule has 17 nitrogen and oxygen atoms in total. The zero-order chi connectivity index (χ0) is 66.8. The molecule has 0 rings (SSSR count). The van der Waals surface area contributed by atoms with Gasteiger partial charge < -0.3 is 33.8 Å². The van der Waals surface area contributed by atoms with E-state index in [-0.39, 0.29) is 25.7 Å². The standard InChI is InChI=1S/C71H138O17P2/c1-9-64(8)50-42-34-25-21-22-28-38-46-54-71(76)88-66(57-81-68(73)51-43-35-26-19-16-12-14-18-24-32-40-48-62(4)5)59-85-89(77,78)83-55-65(72)56-84-90(79,80)86-60-67(58-82-69(74)52-44-36-30-29-33-41-49-63(6)7)87-70(75)53-45-37-27-20-15-11-10-13-17-23-31-39-47-61(2)3/h61-67,72H,9-60H2,1-8H3,(H,77,78)(H,79,80)/t64?,65-,66-,67-/m1/s1. The minimum atomic E-state index is -4.95. The fourth-order valence-corrected chi connectivity index (χ4v) is 12.2. The normalized spacial score (nSPS) is 14.6. The molecule has 0 aromatic heterocycles. The van der Waals surface area contributed by atoms with E-state index >= 15 is 0 Å². The molecule has 0 amide bonds. The number of phosphoric acid groups is 2. The Morgan fingerprint density at radius 1 is 0.311 bits per heavy atom. The van der Waals surface area contributed by atoms with Gasteiger partial charge in [-0.15, -0.1) is 0 Å². The van der Waals surface area contributed by atoms with Crippen LogP contribution in [0.4, 0.5) is 0 Å². The van der Waals surface area contributed by atoms with Crippen LogP contribution in [0.2, 0.25) is 0 Å². The van der Waals surface area contributed by atoms with Crippen LogP contribution in [0.3, 0.4) is 0 Å². The van der Waals surface area contributed by atoms with Crippen molar-refractivity contribution in [3.05, 3.63) is 0 Å². The van der Waals surface area contributed by atoms with Crippen LogP contribution in [0.25, 0.3) is 0 Å². The summed E-state index contributed by atoms with van der Waals surface area (Å²) >= 11 is 0. The van der Waals surface area contributed by atoms with Crippen LogP contribution in [-0.2, 0) is 65.4 Å². The molecule has 0 saturated carbocycles.